The second-order valence-electron chi connectivity index (χ2n) is 1.72. The maximum absolute atomic E-state index is 12.3. The van der Waals surface area contributed by atoms with E-state index < -0.39 is 21.8 Å². The molecule has 0 aliphatic carbocycles. The molecule has 0 aromatic heterocycles. The zero-order valence-electron chi connectivity index (χ0n) is 4.88. The van der Waals surface area contributed by atoms with Crippen molar-refractivity contribution in [2.24, 2.45) is 0 Å². The third-order valence-corrected chi connectivity index (χ3v) is 2.44. The lowest BCUT2D eigenvalue weighted by Gasteiger charge is -2.20. The van der Waals surface area contributed by atoms with Gasteiger partial charge in [-0.05, 0) is 0 Å². The van der Waals surface area contributed by atoms with Gasteiger partial charge < -0.3 is 0 Å². The van der Waals surface area contributed by atoms with Gasteiger partial charge in [-0.1, -0.05) is 34.8 Å². The van der Waals surface area contributed by atoms with Gasteiger partial charge in [-0.3, -0.25) is 0 Å². The first-order valence-electron chi connectivity index (χ1n) is 2.40. The zero-order chi connectivity index (χ0) is 9.23. The van der Waals surface area contributed by atoms with Gasteiger partial charge >= 0.3 is 0 Å². The molecule has 0 radical (unpaired) electrons. The van der Waals surface area contributed by atoms with E-state index in [4.69, 9.17) is 46.4 Å². The van der Waals surface area contributed by atoms with Crippen LogP contribution < -0.4 is 0 Å². The monoisotopic (exact) mass is 248 g/mol. The van der Waals surface area contributed by atoms with E-state index in [1.54, 1.807) is 0 Å². The van der Waals surface area contributed by atoms with Crippen molar-refractivity contribution in [2.75, 3.05) is 0 Å². The van der Waals surface area contributed by atoms with Crippen LogP contribution in [-0.4, -0.2) is 21.8 Å². The van der Waals surface area contributed by atoms with Gasteiger partial charge in [0, 0.05) is 0 Å². The van der Waals surface area contributed by atoms with Crippen LogP contribution in [0.4, 0.5) is 13.2 Å². The van der Waals surface area contributed by atoms with Gasteiger partial charge in [0.05, 0.1) is 0 Å². The van der Waals surface area contributed by atoms with Crippen LogP contribution in [0.15, 0.2) is 0 Å². The largest absolute Gasteiger partial charge is 0.270 e. The van der Waals surface area contributed by atoms with Crippen molar-refractivity contribution in [1.29, 1.82) is 0 Å². The van der Waals surface area contributed by atoms with E-state index in [-0.39, 0.29) is 0 Å². The summed E-state index contributed by atoms with van der Waals surface area (Å²) in [4.78, 5) is 0. The number of halogens is 7. The Morgan fingerprint density at radius 2 is 1.36 bits per heavy atom. The van der Waals surface area contributed by atoms with Crippen LogP contribution >= 0.6 is 46.4 Å². The highest BCUT2D eigenvalue weighted by Gasteiger charge is 2.41. The number of hydrogen-bond acceptors (Lipinski definition) is 0. The smallest absolute Gasteiger partial charge is 0.239 e. The van der Waals surface area contributed by atoms with Gasteiger partial charge in [0.1, 0.15) is 5.38 Å². The molecule has 0 rings (SSSR count). The van der Waals surface area contributed by atoms with Gasteiger partial charge in [-0.2, -0.15) is 0 Å². The Morgan fingerprint density at radius 1 is 1.00 bits per heavy atom. The molecule has 0 fully saturated rings. The van der Waals surface area contributed by atoms with Gasteiger partial charge in [0.2, 0.25) is 3.79 Å². The minimum Gasteiger partial charge on any atom is -0.239 e. The molecule has 0 nitrogen and oxygen atoms in total. The third kappa shape index (κ3) is 3.92. The van der Waals surface area contributed by atoms with Gasteiger partial charge in [0.15, 0.2) is 6.17 Å². The molecule has 0 saturated heterocycles. The van der Waals surface area contributed by atoms with Gasteiger partial charge in [-0.25, -0.2) is 13.2 Å². The Balaban J connectivity index is 4.13. The molecular weight excluding hydrogens is 247 g/mol. The molecule has 0 N–H and O–H groups in total. The predicted molar refractivity (Wildman–Crippen MR) is 40.8 cm³/mol. The molecule has 2 atom stereocenters. The molecule has 0 aromatic rings. The fourth-order valence-corrected chi connectivity index (χ4v) is 0.779. The highest BCUT2D eigenvalue weighted by molar-refractivity contribution is 6.70. The van der Waals surface area contributed by atoms with Crippen LogP contribution in [0.1, 0.15) is 0 Å². The van der Waals surface area contributed by atoms with Crippen LogP contribution in [0.5, 0.6) is 0 Å². The van der Waals surface area contributed by atoms with Crippen LogP contribution in [0.25, 0.3) is 0 Å². The minimum atomic E-state index is -3.24. The summed E-state index contributed by atoms with van der Waals surface area (Å²) in [6.07, 6.45) is -5.88. The summed E-state index contributed by atoms with van der Waals surface area (Å²) >= 11 is 20.2. The quantitative estimate of drug-likeness (QED) is 0.657. The molecule has 0 aliphatic heterocycles. The molecule has 0 heterocycles. The van der Waals surface area contributed by atoms with Crippen molar-refractivity contribution in [3.05, 3.63) is 0 Å². The maximum atomic E-state index is 12.3. The van der Waals surface area contributed by atoms with Crippen molar-refractivity contribution >= 4 is 46.4 Å². The standard InChI is InChI=1S/C4H3Cl4F3/c5-2(4(6,7)8)1(9)3(10)11/h1-3H. The first-order chi connectivity index (χ1) is 4.76. The molecular formula is C4H3Cl4F3. The SMILES string of the molecule is FC(F)C(F)C(Cl)C(Cl)(Cl)Cl. The van der Waals surface area contributed by atoms with Crippen LogP contribution in [0.3, 0.4) is 0 Å². The summed E-state index contributed by atoms with van der Waals surface area (Å²) in [6.45, 7) is 0. The van der Waals surface area contributed by atoms with E-state index in [2.05, 4.69) is 0 Å². The Labute approximate surface area is 81.5 Å². The van der Waals surface area contributed by atoms with E-state index >= 15 is 0 Å². The molecule has 0 aromatic carbocycles. The molecule has 11 heavy (non-hydrogen) atoms. The summed E-state index contributed by atoms with van der Waals surface area (Å²) in [5, 5.41) is -1.84. The average molecular weight is 250 g/mol. The molecule has 68 valence electrons. The average Bonchev–Trinajstić information content (AvgIpc) is 1.82. The fraction of sp³-hybridized carbons (Fsp3) is 1.00. The minimum absolute atomic E-state index is 1.84. The van der Waals surface area contributed by atoms with Crippen LogP contribution in [-0.2, 0) is 0 Å². The second-order valence-corrected chi connectivity index (χ2v) is 4.56. The molecule has 0 bridgehead atoms. The summed E-state index contributed by atoms with van der Waals surface area (Å²) in [7, 11) is 0. The Morgan fingerprint density at radius 3 is 1.45 bits per heavy atom. The fourth-order valence-electron chi connectivity index (χ4n) is 0.308. The third-order valence-electron chi connectivity index (χ3n) is 0.833. The lowest BCUT2D eigenvalue weighted by molar-refractivity contribution is 0.0482. The van der Waals surface area contributed by atoms with E-state index in [0.717, 1.165) is 0 Å². The van der Waals surface area contributed by atoms with Crippen LogP contribution in [0, 0.1) is 0 Å². The number of rotatable bonds is 2. The van der Waals surface area contributed by atoms with Crippen molar-refractivity contribution in [3.63, 3.8) is 0 Å². The molecule has 0 aliphatic rings. The van der Waals surface area contributed by atoms with Gasteiger partial charge in [-0.15, -0.1) is 11.6 Å². The summed E-state index contributed by atoms with van der Waals surface area (Å²) in [6, 6.07) is 0. The summed E-state index contributed by atoms with van der Waals surface area (Å²) in [5.41, 5.74) is 0. The summed E-state index contributed by atoms with van der Waals surface area (Å²) < 4.78 is 33.2. The van der Waals surface area contributed by atoms with E-state index in [0.29, 0.717) is 0 Å². The number of hydrogen-bond donors (Lipinski definition) is 0. The van der Waals surface area contributed by atoms with Crippen molar-refractivity contribution in [2.45, 2.75) is 21.8 Å². The van der Waals surface area contributed by atoms with Crippen molar-refractivity contribution in [1.82, 2.24) is 0 Å². The maximum Gasteiger partial charge on any atom is 0.270 e. The normalized spacial score (nSPS) is 18.5. The Hall–Kier alpha value is 0.950. The molecule has 0 amide bonds. The summed E-state index contributed by atoms with van der Waals surface area (Å²) in [5.74, 6) is 0. The topological polar surface area (TPSA) is 0 Å². The van der Waals surface area contributed by atoms with E-state index in [9.17, 15) is 13.2 Å². The van der Waals surface area contributed by atoms with Crippen molar-refractivity contribution < 1.29 is 13.2 Å². The van der Waals surface area contributed by atoms with E-state index in [1.807, 2.05) is 0 Å². The molecule has 7 heteroatoms. The zero-order valence-corrected chi connectivity index (χ0v) is 7.90. The Bertz CT molecular complexity index is 123. The number of alkyl halides is 7. The van der Waals surface area contributed by atoms with Crippen LogP contribution in [0.2, 0.25) is 0 Å². The first-order valence-corrected chi connectivity index (χ1v) is 3.97. The second kappa shape index (κ2) is 4.26. The molecule has 0 spiro atoms. The predicted octanol–water partition coefficient (Wildman–Crippen LogP) is 3.57. The molecule has 0 saturated carbocycles. The first kappa shape index (κ1) is 11.9. The van der Waals surface area contributed by atoms with Gasteiger partial charge in [0.25, 0.3) is 6.43 Å². The highest BCUT2D eigenvalue weighted by atomic mass is 35.6. The highest BCUT2D eigenvalue weighted by Crippen LogP contribution is 2.37. The lowest BCUT2D eigenvalue weighted by Crippen LogP contribution is -2.34. The molecule has 2 unspecified atom stereocenters. The van der Waals surface area contributed by atoms with Crippen molar-refractivity contribution in [3.8, 4) is 0 Å². The lowest BCUT2D eigenvalue weighted by atomic mass is 10.3. The Kier molecular flexibility index (Phi) is 4.63. The van der Waals surface area contributed by atoms with E-state index in [1.165, 1.54) is 0 Å².